The van der Waals surface area contributed by atoms with Crippen LogP contribution in [0.1, 0.15) is 94.2 Å². The number of imidazole rings is 1. The minimum Gasteiger partial charge on any atom is -0.346 e. The molecular weight excluding hydrogens is 636 g/mol. The maximum Gasteiger partial charge on any atom is 0.262 e. The summed E-state index contributed by atoms with van der Waals surface area (Å²) in [5.74, 6) is -2.89. The number of hydrogen-bond acceptors (Lipinski definition) is 6. The second-order valence-corrected chi connectivity index (χ2v) is 15.3. The predicted molar refractivity (Wildman–Crippen MR) is 194 cm³/mol. The van der Waals surface area contributed by atoms with E-state index in [0.29, 0.717) is 34.4 Å². The van der Waals surface area contributed by atoms with E-state index in [2.05, 4.69) is 46.4 Å². The number of anilines is 3. The van der Waals surface area contributed by atoms with Crippen LogP contribution >= 0.6 is 0 Å². The van der Waals surface area contributed by atoms with E-state index >= 15 is 0 Å². The summed E-state index contributed by atoms with van der Waals surface area (Å²) >= 11 is 0. The number of piperidine rings is 1. The van der Waals surface area contributed by atoms with Crippen LogP contribution in [0.3, 0.4) is 0 Å². The van der Waals surface area contributed by atoms with Crippen molar-refractivity contribution in [3.8, 4) is 11.3 Å². The van der Waals surface area contributed by atoms with E-state index in [1.54, 1.807) is 25.4 Å². The van der Waals surface area contributed by atoms with Crippen molar-refractivity contribution in [2.24, 2.45) is 0 Å². The van der Waals surface area contributed by atoms with Crippen LogP contribution in [0, 0.1) is 6.92 Å². The molecule has 2 fully saturated rings. The Labute approximate surface area is 292 Å². The third-order valence-corrected chi connectivity index (χ3v) is 10.8. The van der Waals surface area contributed by atoms with E-state index < -0.39 is 23.8 Å². The van der Waals surface area contributed by atoms with Crippen LogP contribution in [0.15, 0.2) is 48.8 Å². The minimum atomic E-state index is -3.02. The van der Waals surface area contributed by atoms with Gasteiger partial charge in [-0.05, 0) is 109 Å². The lowest BCUT2D eigenvalue weighted by atomic mass is 9.82. The third-order valence-electron chi connectivity index (χ3n) is 10.8. The van der Waals surface area contributed by atoms with E-state index in [0.717, 1.165) is 60.7 Å². The molecule has 4 aromatic rings. The molecule has 9 nitrogen and oxygen atoms in total. The number of hydrogen-bond donors (Lipinski definition) is 2. The summed E-state index contributed by atoms with van der Waals surface area (Å²) in [5.41, 5.74) is 6.05. The maximum absolute atomic E-state index is 13.9. The molecule has 50 heavy (non-hydrogen) atoms. The largest absolute Gasteiger partial charge is 0.346 e. The zero-order valence-electron chi connectivity index (χ0n) is 29.8. The highest BCUT2D eigenvalue weighted by molar-refractivity contribution is 6.09. The molecule has 1 saturated heterocycles. The molecule has 0 atom stereocenters. The molecule has 4 heterocycles. The fourth-order valence-electron chi connectivity index (χ4n) is 7.76. The normalized spacial score (nSPS) is 20.7. The highest BCUT2D eigenvalue weighted by Crippen LogP contribution is 2.48. The summed E-state index contributed by atoms with van der Waals surface area (Å²) in [6, 6.07) is 14.3. The molecule has 2 aromatic carbocycles. The van der Waals surface area contributed by atoms with Crippen molar-refractivity contribution in [1.82, 2.24) is 24.8 Å². The molecule has 7 rings (SSSR count). The van der Waals surface area contributed by atoms with E-state index in [9.17, 15) is 18.4 Å². The zero-order valence-corrected chi connectivity index (χ0v) is 29.8. The lowest BCUT2D eigenvalue weighted by Crippen LogP contribution is -2.57. The Morgan fingerprint density at radius 1 is 1.04 bits per heavy atom. The van der Waals surface area contributed by atoms with Crippen LogP contribution in [0.4, 0.5) is 26.0 Å². The number of benzene rings is 2. The summed E-state index contributed by atoms with van der Waals surface area (Å²) in [6.45, 7) is 12.3. The first-order valence-corrected chi connectivity index (χ1v) is 17.8. The summed E-state index contributed by atoms with van der Waals surface area (Å²) < 4.78 is 29.0. The Bertz CT molecular complexity index is 1950. The van der Waals surface area contributed by atoms with Gasteiger partial charge in [-0.2, -0.15) is 0 Å². The van der Waals surface area contributed by atoms with Crippen molar-refractivity contribution in [3.05, 3.63) is 65.5 Å². The molecule has 1 saturated carbocycles. The number of amides is 2. The van der Waals surface area contributed by atoms with Gasteiger partial charge in [-0.15, -0.1) is 0 Å². The Kier molecular flexibility index (Phi) is 8.69. The first kappa shape index (κ1) is 34.1. The molecule has 0 radical (unpaired) electrons. The molecular formula is C39H47F2N7O2. The number of halogens is 2. The number of aryl methyl sites for hydroxylation is 1. The number of nitrogens with zero attached hydrogens (tertiary/aromatic N) is 5. The second-order valence-electron chi connectivity index (χ2n) is 15.3. The van der Waals surface area contributed by atoms with E-state index in [4.69, 9.17) is 9.97 Å². The molecule has 2 aromatic heterocycles. The van der Waals surface area contributed by atoms with Gasteiger partial charge in [0.25, 0.3) is 11.8 Å². The quantitative estimate of drug-likeness (QED) is 0.187. The van der Waals surface area contributed by atoms with Gasteiger partial charge < -0.3 is 25.0 Å². The van der Waals surface area contributed by atoms with Gasteiger partial charge in [-0.3, -0.25) is 9.59 Å². The van der Waals surface area contributed by atoms with Crippen LogP contribution in [0.25, 0.3) is 22.3 Å². The number of fused-ring (bicyclic) bond motifs is 2. The average molecular weight is 684 g/mol. The van der Waals surface area contributed by atoms with Crippen molar-refractivity contribution in [2.45, 2.75) is 103 Å². The number of pyridine rings is 1. The van der Waals surface area contributed by atoms with Crippen LogP contribution in [-0.2, 0) is 10.2 Å². The number of rotatable bonds is 9. The van der Waals surface area contributed by atoms with Gasteiger partial charge in [0.2, 0.25) is 5.91 Å². The van der Waals surface area contributed by atoms with Gasteiger partial charge in [0.05, 0.1) is 29.5 Å². The molecule has 2 aliphatic heterocycles. The predicted octanol–water partition coefficient (Wildman–Crippen LogP) is 7.76. The van der Waals surface area contributed by atoms with Gasteiger partial charge in [0.15, 0.2) is 5.82 Å². The van der Waals surface area contributed by atoms with Crippen molar-refractivity contribution in [2.75, 3.05) is 29.9 Å². The van der Waals surface area contributed by atoms with E-state index in [-0.39, 0.29) is 18.0 Å². The molecule has 0 spiro atoms. The average Bonchev–Trinajstić information content (AvgIpc) is 3.57. The number of nitrogens with one attached hydrogen (secondary N) is 2. The lowest BCUT2D eigenvalue weighted by Gasteiger charge is -2.48. The van der Waals surface area contributed by atoms with Gasteiger partial charge in [-0.25, -0.2) is 18.7 Å². The maximum atomic E-state index is 13.9. The van der Waals surface area contributed by atoms with E-state index in [1.165, 1.54) is 19.3 Å². The molecule has 3 aliphatic rings. The molecule has 2 N–H and O–H groups in total. The molecule has 2 amide bonds. The standard InChI is InChI=1S/C39H47F2N7O2/c1-23(2)47-22-43-32-20-31(45-35(34(32)47)44-26-12-10-24(3)29(17-26)36(49)42-21-39(6,40)41)25-11-13-30-33(16-25)48(37(50)38(30,4)5)28-18-27(19-28)46-14-8-7-9-15-46/h10-13,16-17,20,22-23,27-28H,7-9,14-15,18-19,21H2,1-6H3,(H,42,49)(H,44,45). The summed E-state index contributed by atoms with van der Waals surface area (Å²) in [7, 11) is 0. The van der Waals surface area contributed by atoms with Crippen LogP contribution < -0.4 is 15.5 Å². The summed E-state index contributed by atoms with van der Waals surface area (Å²) in [6.07, 6.45) is 7.61. The third kappa shape index (κ3) is 6.25. The smallest absolute Gasteiger partial charge is 0.262 e. The number of likely N-dealkylation sites (tertiary alicyclic amines) is 1. The molecule has 1 aliphatic carbocycles. The van der Waals surface area contributed by atoms with Crippen LogP contribution in [0.2, 0.25) is 0 Å². The van der Waals surface area contributed by atoms with Crippen molar-refractivity contribution in [1.29, 1.82) is 0 Å². The van der Waals surface area contributed by atoms with Gasteiger partial charge >= 0.3 is 0 Å². The molecule has 264 valence electrons. The first-order valence-electron chi connectivity index (χ1n) is 17.8. The lowest BCUT2D eigenvalue weighted by molar-refractivity contribution is -0.123. The van der Waals surface area contributed by atoms with Gasteiger partial charge in [0, 0.05) is 47.6 Å². The first-order chi connectivity index (χ1) is 23.7. The zero-order chi connectivity index (χ0) is 35.5. The Hall–Kier alpha value is -4.38. The van der Waals surface area contributed by atoms with Crippen molar-refractivity contribution < 1.29 is 18.4 Å². The highest BCUT2D eigenvalue weighted by atomic mass is 19.3. The van der Waals surface area contributed by atoms with E-state index in [1.807, 2.05) is 36.6 Å². The number of carbonyl (C=O) groups is 2. The topological polar surface area (TPSA) is 95.4 Å². The number of aromatic nitrogens is 3. The van der Waals surface area contributed by atoms with Crippen LogP contribution in [0.5, 0.6) is 0 Å². The fourth-order valence-corrected chi connectivity index (χ4v) is 7.76. The minimum absolute atomic E-state index is 0.0984. The Balaban J connectivity index is 1.23. The van der Waals surface area contributed by atoms with Gasteiger partial charge in [-0.1, -0.05) is 24.6 Å². The molecule has 0 bridgehead atoms. The molecule has 0 unspecified atom stereocenters. The SMILES string of the molecule is Cc1ccc(Nc2nc(-c3ccc4c(c3)N(C3CC(N5CCCCC5)C3)C(=O)C4(C)C)cc3ncn(C(C)C)c23)cc1C(=O)NCC(C)(F)F. The van der Waals surface area contributed by atoms with Crippen molar-refractivity contribution in [3.63, 3.8) is 0 Å². The second kappa shape index (κ2) is 12.7. The van der Waals surface area contributed by atoms with Crippen LogP contribution in [-0.4, -0.2) is 68.9 Å². The highest BCUT2D eigenvalue weighted by Gasteiger charge is 2.50. The fraction of sp³-hybridized carbons (Fsp3) is 0.487. The summed E-state index contributed by atoms with van der Waals surface area (Å²) in [5, 5.41) is 5.76. The number of carbonyl (C=O) groups excluding carboxylic acids is 2. The Morgan fingerprint density at radius 2 is 1.78 bits per heavy atom. The summed E-state index contributed by atoms with van der Waals surface area (Å²) in [4.78, 5) is 41.4. The molecule has 11 heteroatoms. The monoisotopic (exact) mass is 683 g/mol. The van der Waals surface area contributed by atoms with Gasteiger partial charge in [0.1, 0.15) is 5.52 Å². The Morgan fingerprint density at radius 3 is 2.48 bits per heavy atom. The van der Waals surface area contributed by atoms with Crippen molar-refractivity contribution >= 4 is 40.0 Å². The number of alkyl halides is 2.